The van der Waals surface area contributed by atoms with Gasteiger partial charge in [0.25, 0.3) is 0 Å². The van der Waals surface area contributed by atoms with E-state index in [1.54, 1.807) is 20.1 Å². The van der Waals surface area contributed by atoms with Gasteiger partial charge in [0.2, 0.25) is 0 Å². The number of aliphatic hydroxyl groups is 1. The fourth-order valence-electron chi connectivity index (χ4n) is 1.58. The minimum atomic E-state index is -0.866. The highest BCUT2D eigenvalue weighted by atomic mass is 16.5. The molecule has 1 atom stereocenters. The van der Waals surface area contributed by atoms with Gasteiger partial charge in [-0.1, -0.05) is 13.8 Å². The first-order chi connectivity index (χ1) is 9.38. The topological polar surface area (TPSA) is 105 Å². The smallest absolute Gasteiger partial charge is 0.145 e. The summed E-state index contributed by atoms with van der Waals surface area (Å²) in [5.41, 5.74) is 1.65. The molecule has 0 bridgehead atoms. The van der Waals surface area contributed by atoms with E-state index in [0.29, 0.717) is 37.0 Å². The number of nitrogens with zero attached hydrogens (tertiary/aromatic N) is 2. The van der Waals surface area contributed by atoms with E-state index in [2.05, 4.69) is 20.7 Å². The van der Waals surface area contributed by atoms with Gasteiger partial charge in [0.15, 0.2) is 0 Å². The van der Waals surface area contributed by atoms with Gasteiger partial charge in [-0.15, -0.1) is 0 Å². The molecule has 20 heavy (non-hydrogen) atoms. The molecule has 0 aliphatic heterocycles. The van der Waals surface area contributed by atoms with E-state index < -0.39 is 5.60 Å². The maximum Gasteiger partial charge on any atom is 0.145 e. The number of ether oxygens (including phenoxy) is 1. The Morgan fingerprint density at radius 1 is 1.40 bits per heavy atom. The van der Waals surface area contributed by atoms with Gasteiger partial charge in [-0.3, -0.25) is 0 Å². The van der Waals surface area contributed by atoms with Gasteiger partial charge in [-0.05, 0) is 6.92 Å². The van der Waals surface area contributed by atoms with Crippen molar-refractivity contribution in [3.05, 3.63) is 11.9 Å². The molecule has 0 aromatic carbocycles. The molecule has 1 heterocycles. The maximum absolute atomic E-state index is 10.2. The maximum atomic E-state index is 10.2. The van der Waals surface area contributed by atoms with E-state index in [9.17, 15) is 5.11 Å². The lowest BCUT2D eigenvalue weighted by Gasteiger charge is -2.23. The van der Waals surface area contributed by atoms with E-state index >= 15 is 0 Å². The van der Waals surface area contributed by atoms with Crippen LogP contribution in [0.5, 0.6) is 0 Å². The Morgan fingerprint density at radius 3 is 2.60 bits per heavy atom. The lowest BCUT2D eigenvalue weighted by molar-refractivity contribution is 0.0357. The number of anilines is 2. The molecule has 0 aliphatic carbocycles. The zero-order valence-electron chi connectivity index (χ0n) is 12.6. The Hall–Kier alpha value is -1.44. The van der Waals surface area contributed by atoms with Gasteiger partial charge in [0, 0.05) is 38.7 Å². The molecule has 5 N–H and O–H groups in total. The standard InChI is InChI=1S/C13H25N5O2/c1-9(2)12-16-10(7-11(17-12)18-14)15-8-13(3,19)5-6-20-4/h7,9,19H,5-6,8,14H2,1-4H3,(H2,15,16,17,18). The summed E-state index contributed by atoms with van der Waals surface area (Å²) in [6, 6.07) is 1.71. The molecule has 7 nitrogen and oxygen atoms in total. The van der Waals surface area contributed by atoms with E-state index in [1.165, 1.54) is 0 Å². The van der Waals surface area contributed by atoms with Crippen molar-refractivity contribution >= 4 is 11.6 Å². The van der Waals surface area contributed by atoms with Crippen molar-refractivity contribution in [1.29, 1.82) is 0 Å². The highest BCUT2D eigenvalue weighted by molar-refractivity contribution is 5.47. The molecule has 7 heteroatoms. The lowest BCUT2D eigenvalue weighted by Crippen LogP contribution is -2.35. The molecule has 1 aromatic rings. The van der Waals surface area contributed by atoms with Crippen LogP contribution in [-0.2, 0) is 4.74 Å². The molecular formula is C13H25N5O2. The van der Waals surface area contributed by atoms with Gasteiger partial charge < -0.3 is 20.6 Å². The van der Waals surface area contributed by atoms with E-state index in [-0.39, 0.29) is 5.92 Å². The number of nitrogens with two attached hydrogens (primary N) is 1. The van der Waals surface area contributed by atoms with Gasteiger partial charge in [0.05, 0.1) is 5.60 Å². The van der Waals surface area contributed by atoms with Crippen LogP contribution in [-0.4, -0.2) is 40.9 Å². The number of rotatable bonds is 8. The zero-order chi connectivity index (χ0) is 15.2. The summed E-state index contributed by atoms with van der Waals surface area (Å²) in [6.45, 7) is 6.65. The van der Waals surface area contributed by atoms with E-state index in [4.69, 9.17) is 10.6 Å². The SMILES string of the molecule is COCCC(C)(O)CNc1cc(NN)nc(C(C)C)n1. The Balaban J connectivity index is 2.74. The molecule has 0 amide bonds. The Bertz CT molecular complexity index is 423. The third-order valence-corrected chi connectivity index (χ3v) is 2.90. The van der Waals surface area contributed by atoms with Crippen molar-refractivity contribution in [2.75, 3.05) is 31.0 Å². The second kappa shape index (κ2) is 7.37. The van der Waals surface area contributed by atoms with Crippen LogP contribution in [0.15, 0.2) is 6.07 Å². The summed E-state index contributed by atoms with van der Waals surface area (Å²) in [7, 11) is 1.61. The number of hydrazine groups is 1. The Kier molecular flexibility index (Phi) is 6.12. The van der Waals surface area contributed by atoms with Gasteiger partial charge in [-0.2, -0.15) is 0 Å². The predicted octanol–water partition coefficient (Wildman–Crippen LogP) is 1.08. The van der Waals surface area contributed by atoms with Crippen molar-refractivity contribution in [1.82, 2.24) is 9.97 Å². The summed E-state index contributed by atoms with van der Waals surface area (Å²) in [6.07, 6.45) is 0.542. The molecule has 0 saturated carbocycles. The van der Waals surface area contributed by atoms with Crippen molar-refractivity contribution in [2.24, 2.45) is 5.84 Å². The third-order valence-electron chi connectivity index (χ3n) is 2.90. The Morgan fingerprint density at radius 2 is 2.05 bits per heavy atom. The quantitative estimate of drug-likeness (QED) is 0.418. The fraction of sp³-hybridized carbons (Fsp3) is 0.692. The van der Waals surface area contributed by atoms with Crippen LogP contribution in [0.25, 0.3) is 0 Å². The first-order valence-electron chi connectivity index (χ1n) is 6.69. The third kappa shape index (κ3) is 5.28. The highest BCUT2D eigenvalue weighted by Crippen LogP contribution is 2.17. The van der Waals surface area contributed by atoms with Crippen molar-refractivity contribution < 1.29 is 9.84 Å². The van der Waals surface area contributed by atoms with Crippen LogP contribution in [0.3, 0.4) is 0 Å². The summed E-state index contributed by atoms with van der Waals surface area (Å²) >= 11 is 0. The van der Waals surface area contributed by atoms with E-state index in [0.717, 1.165) is 0 Å². The normalized spacial score (nSPS) is 14.2. The molecule has 1 rings (SSSR count). The number of methoxy groups -OCH3 is 1. The second-order valence-electron chi connectivity index (χ2n) is 5.39. The van der Waals surface area contributed by atoms with Gasteiger partial charge in [0.1, 0.15) is 17.5 Å². The number of aromatic nitrogens is 2. The molecule has 0 fully saturated rings. The lowest BCUT2D eigenvalue weighted by atomic mass is 10.0. The molecule has 1 unspecified atom stereocenters. The largest absolute Gasteiger partial charge is 0.388 e. The number of nitrogen functional groups attached to an aromatic ring is 1. The van der Waals surface area contributed by atoms with Gasteiger partial charge in [-0.25, -0.2) is 15.8 Å². The minimum Gasteiger partial charge on any atom is -0.388 e. The van der Waals surface area contributed by atoms with Crippen LogP contribution in [0.4, 0.5) is 11.6 Å². The molecule has 0 spiro atoms. The zero-order valence-corrected chi connectivity index (χ0v) is 12.6. The van der Waals surface area contributed by atoms with Crippen molar-refractivity contribution in [3.8, 4) is 0 Å². The van der Waals surface area contributed by atoms with Crippen LogP contribution in [0.1, 0.15) is 38.9 Å². The fourth-order valence-corrected chi connectivity index (χ4v) is 1.58. The number of nitrogens with one attached hydrogen (secondary N) is 2. The first kappa shape index (κ1) is 16.6. The van der Waals surface area contributed by atoms with Crippen LogP contribution >= 0.6 is 0 Å². The molecule has 1 aromatic heterocycles. The summed E-state index contributed by atoms with van der Waals surface area (Å²) in [5.74, 6) is 7.47. The van der Waals surface area contributed by atoms with Crippen molar-refractivity contribution in [2.45, 2.75) is 38.7 Å². The second-order valence-corrected chi connectivity index (χ2v) is 5.39. The molecule has 0 aliphatic rings. The molecule has 0 radical (unpaired) electrons. The minimum absolute atomic E-state index is 0.192. The van der Waals surface area contributed by atoms with Crippen LogP contribution in [0.2, 0.25) is 0 Å². The van der Waals surface area contributed by atoms with Crippen LogP contribution in [0, 0.1) is 0 Å². The molecule has 0 saturated heterocycles. The average Bonchev–Trinajstić information content (AvgIpc) is 2.42. The summed E-state index contributed by atoms with van der Waals surface area (Å²) < 4.78 is 4.98. The summed E-state index contributed by atoms with van der Waals surface area (Å²) in [5, 5.41) is 13.3. The van der Waals surface area contributed by atoms with Gasteiger partial charge >= 0.3 is 0 Å². The average molecular weight is 283 g/mol. The number of hydrogen-bond donors (Lipinski definition) is 4. The Labute approximate surface area is 119 Å². The number of hydrogen-bond acceptors (Lipinski definition) is 7. The summed E-state index contributed by atoms with van der Waals surface area (Å²) in [4.78, 5) is 8.68. The highest BCUT2D eigenvalue weighted by Gasteiger charge is 2.20. The first-order valence-corrected chi connectivity index (χ1v) is 6.69. The van der Waals surface area contributed by atoms with Crippen molar-refractivity contribution in [3.63, 3.8) is 0 Å². The van der Waals surface area contributed by atoms with Crippen LogP contribution < -0.4 is 16.6 Å². The molecule has 114 valence electrons. The van der Waals surface area contributed by atoms with E-state index in [1.807, 2.05) is 13.8 Å². The monoisotopic (exact) mass is 283 g/mol. The molecular weight excluding hydrogens is 258 g/mol. The predicted molar refractivity (Wildman–Crippen MR) is 79.5 cm³/mol.